The molecule has 2 aromatic heterocycles. The molecule has 9 nitrogen and oxygen atoms in total. The van der Waals surface area contributed by atoms with Crippen LogP contribution < -0.4 is 0 Å². The Morgan fingerprint density at radius 2 is 1.45 bits per heavy atom. The third kappa shape index (κ3) is 3.45. The van der Waals surface area contributed by atoms with E-state index in [1.54, 1.807) is 0 Å². The molecule has 0 N–H and O–H groups in total. The van der Waals surface area contributed by atoms with Crippen molar-refractivity contribution in [2.75, 3.05) is 19.6 Å². The first-order valence-corrected chi connectivity index (χ1v) is 13.2. The van der Waals surface area contributed by atoms with E-state index in [0.717, 1.165) is 12.8 Å². The molecule has 0 amide bonds. The van der Waals surface area contributed by atoms with Crippen LogP contribution in [0.3, 0.4) is 0 Å². The van der Waals surface area contributed by atoms with Crippen LogP contribution >= 0.6 is 0 Å². The second kappa shape index (κ2) is 7.66. The molecule has 4 heterocycles. The van der Waals surface area contributed by atoms with E-state index in [2.05, 4.69) is 10.2 Å². The molecule has 1 aromatic carbocycles. The third-order valence-corrected chi connectivity index (χ3v) is 9.81. The summed E-state index contributed by atoms with van der Waals surface area (Å²) in [5, 5.41) is 8.40. The quantitative estimate of drug-likeness (QED) is 0.576. The van der Waals surface area contributed by atoms with Crippen LogP contribution in [-0.2, 0) is 20.0 Å². The summed E-state index contributed by atoms with van der Waals surface area (Å²) in [6.07, 6.45) is 4.88. The van der Waals surface area contributed by atoms with E-state index in [1.807, 2.05) is 28.8 Å². The number of aromatic nitrogens is 3. The van der Waals surface area contributed by atoms with Crippen molar-refractivity contribution in [3.05, 3.63) is 54.5 Å². The minimum Gasteiger partial charge on any atom is -0.285 e. The van der Waals surface area contributed by atoms with Gasteiger partial charge >= 0.3 is 0 Å². The van der Waals surface area contributed by atoms with Crippen molar-refractivity contribution < 1.29 is 16.8 Å². The van der Waals surface area contributed by atoms with Crippen LogP contribution in [0.2, 0.25) is 0 Å². The third-order valence-electron chi connectivity index (χ3n) is 5.97. The van der Waals surface area contributed by atoms with Gasteiger partial charge in [0, 0.05) is 25.8 Å². The van der Waals surface area contributed by atoms with E-state index in [9.17, 15) is 16.8 Å². The molecule has 2 fully saturated rings. The lowest BCUT2D eigenvalue weighted by molar-refractivity contribution is 0.381. The monoisotopic (exact) mass is 461 g/mol. The number of pyridine rings is 1. The van der Waals surface area contributed by atoms with E-state index < -0.39 is 26.1 Å². The summed E-state index contributed by atoms with van der Waals surface area (Å²) in [5.41, 5.74) is 0.665. The van der Waals surface area contributed by atoms with E-state index in [-0.39, 0.29) is 9.79 Å². The van der Waals surface area contributed by atoms with Gasteiger partial charge in [-0.2, -0.15) is 8.61 Å². The standard InChI is InChI=1S/C20H23N5O4S2/c26-30(27,23-12-3-4-13-23)16-8-10-17(11-9-16)31(28,29)25-15-5-6-18(25)20-22-21-19-7-1-2-14-24(19)20/h1-2,7-11,14,18H,3-6,12-13,15H2. The highest BCUT2D eigenvalue weighted by atomic mass is 32.2. The summed E-state index contributed by atoms with van der Waals surface area (Å²) >= 11 is 0. The second-order valence-corrected chi connectivity index (χ2v) is 11.7. The molecule has 0 saturated carbocycles. The van der Waals surface area contributed by atoms with Crippen LogP contribution in [0.15, 0.2) is 58.5 Å². The van der Waals surface area contributed by atoms with E-state index in [1.165, 1.54) is 32.9 Å². The second-order valence-electron chi connectivity index (χ2n) is 7.84. The number of fused-ring (bicyclic) bond motifs is 1. The van der Waals surface area contributed by atoms with Gasteiger partial charge in [-0.25, -0.2) is 16.8 Å². The summed E-state index contributed by atoms with van der Waals surface area (Å²) in [7, 11) is -7.41. The van der Waals surface area contributed by atoms with E-state index in [0.29, 0.717) is 43.9 Å². The van der Waals surface area contributed by atoms with Crippen molar-refractivity contribution in [1.82, 2.24) is 23.2 Å². The fourth-order valence-electron chi connectivity index (χ4n) is 4.37. The summed E-state index contributed by atoms with van der Waals surface area (Å²) in [6, 6.07) is 10.7. The van der Waals surface area contributed by atoms with Crippen molar-refractivity contribution in [2.45, 2.75) is 41.5 Å². The maximum absolute atomic E-state index is 13.4. The van der Waals surface area contributed by atoms with Crippen molar-refractivity contribution in [1.29, 1.82) is 0 Å². The highest BCUT2D eigenvalue weighted by molar-refractivity contribution is 7.89. The lowest BCUT2D eigenvalue weighted by Gasteiger charge is -2.23. The minimum atomic E-state index is -3.82. The molecule has 0 radical (unpaired) electrons. The molecule has 0 aliphatic carbocycles. The molecule has 0 spiro atoms. The maximum Gasteiger partial charge on any atom is 0.243 e. The number of rotatable bonds is 5. The highest BCUT2D eigenvalue weighted by Gasteiger charge is 2.39. The molecule has 2 saturated heterocycles. The lowest BCUT2D eigenvalue weighted by Crippen LogP contribution is -2.32. The van der Waals surface area contributed by atoms with Crippen molar-refractivity contribution >= 4 is 25.7 Å². The largest absolute Gasteiger partial charge is 0.285 e. The summed E-state index contributed by atoms with van der Waals surface area (Å²) < 4.78 is 57.0. The Morgan fingerprint density at radius 3 is 2.16 bits per heavy atom. The highest BCUT2D eigenvalue weighted by Crippen LogP contribution is 2.36. The Kier molecular flexibility index (Phi) is 5.08. The first-order chi connectivity index (χ1) is 14.9. The smallest absolute Gasteiger partial charge is 0.243 e. The molecule has 0 bridgehead atoms. The molecule has 2 aliphatic heterocycles. The summed E-state index contributed by atoms with van der Waals surface area (Å²) in [4.78, 5) is 0.198. The van der Waals surface area contributed by atoms with E-state index in [4.69, 9.17) is 0 Å². The molecule has 5 rings (SSSR count). The average Bonchev–Trinajstić information content (AvgIpc) is 3.54. The Bertz CT molecular complexity index is 1310. The van der Waals surface area contributed by atoms with Crippen LogP contribution in [0.25, 0.3) is 5.65 Å². The molecule has 11 heteroatoms. The maximum atomic E-state index is 13.4. The number of sulfonamides is 2. The predicted octanol–water partition coefficient (Wildman–Crippen LogP) is 2.04. The van der Waals surface area contributed by atoms with Gasteiger partial charge in [-0.15, -0.1) is 10.2 Å². The SMILES string of the molecule is O=S(=O)(c1ccc(S(=O)(=O)N2CCCC2c2nnc3ccccn23)cc1)N1CCCC1. The molecule has 2 aliphatic rings. The number of hydrogen-bond acceptors (Lipinski definition) is 6. The molecule has 1 atom stereocenters. The van der Waals surface area contributed by atoms with Gasteiger partial charge in [0.2, 0.25) is 20.0 Å². The first-order valence-electron chi connectivity index (χ1n) is 10.3. The number of nitrogens with zero attached hydrogens (tertiary/aromatic N) is 5. The molecular weight excluding hydrogens is 438 g/mol. The Morgan fingerprint density at radius 1 is 0.774 bits per heavy atom. The minimum absolute atomic E-state index is 0.0774. The average molecular weight is 462 g/mol. The zero-order valence-electron chi connectivity index (χ0n) is 16.8. The van der Waals surface area contributed by atoms with Crippen molar-refractivity contribution in [3.8, 4) is 0 Å². The Hall–Kier alpha value is -2.34. The van der Waals surface area contributed by atoms with Crippen LogP contribution in [-0.4, -0.2) is 59.7 Å². The topological polar surface area (TPSA) is 105 Å². The van der Waals surface area contributed by atoms with Gasteiger partial charge in [0.05, 0.1) is 15.8 Å². The van der Waals surface area contributed by atoms with Gasteiger partial charge in [-0.3, -0.25) is 4.40 Å². The lowest BCUT2D eigenvalue weighted by atomic mass is 10.2. The molecule has 3 aromatic rings. The molecular formula is C20H23N5O4S2. The Labute approximate surface area is 181 Å². The summed E-state index contributed by atoms with van der Waals surface area (Å²) in [5.74, 6) is 0.588. The van der Waals surface area contributed by atoms with Crippen LogP contribution in [0.4, 0.5) is 0 Å². The fourth-order valence-corrected chi connectivity index (χ4v) is 7.54. The van der Waals surface area contributed by atoms with E-state index >= 15 is 0 Å². The zero-order chi connectivity index (χ0) is 21.6. The fraction of sp³-hybridized carbons (Fsp3) is 0.400. The number of benzene rings is 1. The van der Waals surface area contributed by atoms with Gasteiger partial charge in [0.25, 0.3) is 0 Å². The van der Waals surface area contributed by atoms with Gasteiger partial charge < -0.3 is 0 Å². The number of hydrogen-bond donors (Lipinski definition) is 0. The van der Waals surface area contributed by atoms with Gasteiger partial charge in [0.1, 0.15) is 0 Å². The van der Waals surface area contributed by atoms with Gasteiger partial charge in [-0.05, 0) is 62.1 Å². The van der Waals surface area contributed by atoms with Gasteiger partial charge in [-0.1, -0.05) is 6.07 Å². The van der Waals surface area contributed by atoms with Crippen molar-refractivity contribution in [2.24, 2.45) is 0 Å². The molecule has 31 heavy (non-hydrogen) atoms. The normalized spacial score (nSPS) is 21.2. The summed E-state index contributed by atoms with van der Waals surface area (Å²) in [6.45, 7) is 1.39. The van der Waals surface area contributed by atoms with Crippen molar-refractivity contribution in [3.63, 3.8) is 0 Å². The first kappa shape index (κ1) is 20.6. The van der Waals surface area contributed by atoms with Crippen LogP contribution in [0.5, 0.6) is 0 Å². The molecule has 1 unspecified atom stereocenters. The van der Waals surface area contributed by atoms with Crippen LogP contribution in [0.1, 0.15) is 37.5 Å². The van der Waals surface area contributed by atoms with Crippen LogP contribution in [0, 0.1) is 0 Å². The zero-order valence-corrected chi connectivity index (χ0v) is 18.5. The predicted molar refractivity (Wildman–Crippen MR) is 113 cm³/mol. The van der Waals surface area contributed by atoms with Gasteiger partial charge in [0.15, 0.2) is 11.5 Å². The Balaban J connectivity index is 1.46. The molecule has 164 valence electrons.